The molecule has 0 saturated carbocycles. The van der Waals surface area contributed by atoms with Crippen molar-refractivity contribution in [2.24, 2.45) is 5.73 Å². The van der Waals surface area contributed by atoms with Gasteiger partial charge in [0.05, 0.1) is 11.3 Å². The number of hydrogen-bond acceptors (Lipinski definition) is 5. The molecule has 27 heavy (non-hydrogen) atoms. The maximum absolute atomic E-state index is 13.3. The van der Waals surface area contributed by atoms with Crippen LogP contribution in [0.1, 0.15) is 15.9 Å². The fraction of sp³-hybridized carbons (Fsp3) is 0.0526. The second-order valence-electron chi connectivity index (χ2n) is 5.86. The van der Waals surface area contributed by atoms with E-state index in [0.29, 0.717) is 28.4 Å². The van der Waals surface area contributed by atoms with Crippen molar-refractivity contribution in [3.63, 3.8) is 0 Å². The molecule has 0 radical (unpaired) electrons. The van der Waals surface area contributed by atoms with Crippen molar-refractivity contribution in [1.82, 2.24) is 4.98 Å². The molecule has 0 aliphatic rings. The quantitative estimate of drug-likeness (QED) is 0.498. The van der Waals surface area contributed by atoms with Crippen molar-refractivity contribution in [1.29, 1.82) is 0 Å². The predicted molar refractivity (Wildman–Crippen MR) is 101 cm³/mol. The Morgan fingerprint density at radius 1 is 1.07 bits per heavy atom. The zero-order chi connectivity index (χ0) is 19.4. The SMILES string of the molecule is NC(=O)c1cnc(Nc2cccc(N)c2)cc1NCc1cc(F)cc(F)c1. The van der Waals surface area contributed by atoms with E-state index in [9.17, 15) is 13.6 Å². The van der Waals surface area contributed by atoms with E-state index < -0.39 is 17.5 Å². The highest BCUT2D eigenvalue weighted by atomic mass is 19.1. The molecule has 0 fully saturated rings. The summed E-state index contributed by atoms with van der Waals surface area (Å²) >= 11 is 0. The average molecular weight is 369 g/mol. The molecule has 0 saturated heterocycles. The van der Waals surface area contributed by atoms with Crippen molar-refractivity contribution < 1.29 is 13.6 Å². The van der Waals surface area contributed by atoms with Gasteiger partial charge in [0.1, 0.15) is 17.5 Å². The molecule has 1 aromatic heterocycles. The van der Waals surface area contributed by atoms with Gasteiger partial charge >= 0.3 is 0 Å². The lowest BCUT2D eigenvalue weighted by Gasteiger charge is -2.13. The maximum Gasteiger partial charge on any atom is 0.252 e. The van der Waals surface area contributed by atoms with Crippen LogP contribution in [0.2, 0.25) is 0 Å². The number of carbonyl (C=O) groups excluding carboxylic acids is 1. The van der Waals surface area contributed by atoms with Crippen molar-refractivity contribution in [3.8, 4) is 0 Å². The highest BCUT2D eigenvalue weighted by Crippen LogP contribution is 2.23. The smallest absolute Gasteiger partial charge is 0.252 e. The number of benzene rings is 2. The molecule has 3 rings (SSSR count). The van der Waals surface area contributed by atoms with Gasteiger partial charge in [0.2, 0.25) is 0 Å². The molecule has 0 aliphatic heterocycles. The van der Waals surface area contributed by atoms with Gasteiger partial charge in [-0.15, -0.1) is 0 Å². The first-order valence-electron chi connectivity index (χ1n) is 8.02. The fourth-order valence-electron chi connectivity index (χ4n) is 2.54. The Morgan fingerprint density at radius 3 is 2.48 bits per heavy atom. The van der Waals surface area contributed by atoms with Crippen LogP contribution in [0.25, 0.3) is 0 Å². The summed E-state index contributed by atoms with van der Waals surface area (Å²) in [5.74, 6) is -1.59. The lowest BCUT2D eigenvalue weighted by Crippen LogP contribution is -2.15. The van der Waals surface area contributed by atoms with Crippen LogP contribution in [-0.4, -0.2) is 10.9 Å². The summed E-state index contributed by atoms with van der Waals surface area (Å²) < 4.78 is 26.7. The molecule has 0 aliphatic carbocycles. The average Bonchev–Trinajstić information content (AvgIpc) is 2.59. The van der Waals surface area contributed by atoms with Gasteiger partial charge in [0, 0.05) is 36.2 Å². The first-order chi connectivity index (χ1) is 12.9. The Bertz CT molecular complexity index is 973. The number of carbonyl (C=O) groups is 1. The number of nitrogens with one attached hydrogen (secondary N) is 2. The van der Waals surface area contributed by atoms with E-state index in [2.05, 4.69) is 15.6 Å². The number of nitrogens with zero attached hydrogens (tertiary/aromatic N) is 1. The molecule has 0 unspecified atom stereocenters. The molecule has 0 atom stereocenters. The van der Waals surface area contributed by atoms with E-state index in [0.717, 1.165) is 6.07 Å². The van der Waals surface area contributed by atoms with Crippen LogP contribution in [0.15, 0.2) is 54.7 Å². The number of rotatable bonds is 6. The van der Waals surface area contributed by atoms with Crippen LogP contribution in [0.3, 0.4) is 0 Å². The third-order valence-corrected chi connectivity index (χ3v) is 3.73. The van der Waals surface area contributed by atoms with E-state index in [-0.39, 0.29) is 12.1 Å². The standard InChI is InChI=1S/C19H17F2N5O/c20-12-4-11(5-13(21)6-12)9-24-17-8-18(25-10-16(17)19(23)27)26-15-3-1-2-14(22)7-15/h1-8,10H,9,22H2,(H2,23,27)(H2,24,25,26). The Labute approximate surface area is 154 Å². The summed E-state index contributed by atoms with van der Waals surface area (Å²) in [6.45, 7) is 0.0939. The van der Waals surface area contributed by atoms with E-state index in [1.54, 1.807) is 24.3 Å². The highest BCUT2D eigenvalue weighted by Gasteiger charge is 2.11. The molecule has 1 heterocycles. The Morgan fingerprint density at radius 2 is 1.81 bits per heavy atom. The molecule has 8 heteroatoms. The van der Waals surface area contributed by atoms with Gasteiger partial charge < -0.3 is 22.1 Å². The zero-order valence-corrected chi connectivity index (χ0v) is 14.2. The number of halogens is 2. The van der Waals surface area contributed by atoms with Crippen LogP contribution in [0.4, 0.5) is 31.7 Å². The summed E-state index contributed by atoms with van der Waals surface area (Å²) in [4.78, 5) is 15.8. The molecular weight excluding hydrogens is 352 g/mol. The van der Waals surface area contributed by atoms with Crippen LogP contribution < -0.4 is 22.1 Å². The minimum Gasteiger partial charge on any atom is -0.399 e. The summed E-state index contributed by atoms with van der Waals surface area (Å²) in [6.07, 6.45) is 1.32. The molecule has 6 N–H and O–H groups in total. The van der Waals surface area contributed by atoms with Gasteiger partial charge in [-0.2, -0.15) is 0 Å². The summed E-state index contributed by atoms with van der Waals surface area (Å²) in [5.41, 5.74) is 13.3. The largest absolute Gasteiger partial charge is 0.399 e. The Hall–Kier alpha value is -3.68. The molecule has 138 valence electrons. The number of anilines is 4. The Kier molecular flexibility index (Phi) is 5.16. The van der Waals surface area contributed by atoms with Gasteiger partial charge in [-0.1, -0.05) is 6.07 Å². The number of nitrogens with two attached hydrogens (primary N) is 2. The molecule has 6 nitrogen and oxygen atoms in total. The number of hydrogen-bond donors (Lipinski definition) is 4. The normalized spacial score (nSPS) is 10.4. The van der Waals surface area contributed by atoms with E-state index in [1.165, 1.54) is 18.3 Å². The minimum atomic E-state index is -0.680. The number of amides is 1. The van der Waals surface area contributed by atoms with Crippen LogP contribution in [0, 0.1) is 11.6 Å². The second kappa shape index (κ2) is 7.69. The first kappa shape index (κ1) is 18.1. The van der Waals surface area contributed by atoms with Gasteiger partial charge in [-0.3, -0.25) is 4.79 Å². The molecule has 2 aromatic carbocycles. The van der Waals surface area contributed by atoms with Crippen LogP contribution in [-0.2, 0) is 6.54 Å². The molecular formula is C19H17F2N5O. The topological polar surface area (TPSA) is 106 Å². The lowest BCUT2D eigenvalue weighted by atomic mass is 10.1. The van der Waals surface area contributed by atoms with Crippen molar-refractivity contribution >= 4 is 28.8 Å². The maximum atomic E-state index is 13.3. The minimum absolute atomic E-state index is 0.0939. The Balaban J connectivity index is 1.84. The summed E-state index contributed by atoms with van der Waals surface area (Å²) in [7, 11) is 0. The first-order valence-corrected chi connectivity index (χ1v) is 8.02. The van der Waals surface area contributed by atoms with Gasteiger partial charge in [-0.05, 0) is 35.9 Å². The van der Waals surface area contributed by atoms with Crippen LogP contribution >= 0.6 is 0 Å². The van der Waals surface area contributed by atoms with Crippen LogP contribution in [0.5, 0.6) is 0 Å². The third kappa shape index (κ3) is 4.69. The zero-order valence-electron chi connectivity index (χ0n) is 14.2. The van der Waals surface area contributed by atoms with E-state index in [4.69, 9.17) is 11.5 Å². The number of aromatic nitrogens is 1. The highest BCUT2D eigenvalue weighted by molar-refractivity contribution is 5.98. The van der Waals surface area contributed by atoms with Crippen molar-refractivity contribution in [2.75, 3.05) is 16.4 Å². The molecule has 3 aromatic rings. The van der Waals surface area contributed by atoms with E-state index >= 15 is 0 Å². The van der Waals surface area contributed by atoms with Crippen molar-refractivity contribution in [2.45, 2.75) is 6.54 Å². The predicted octanol–water partition coefficient (Wildman–Crippen LogP) is 3.40. The number of pyridine rings is 1. The molecule has 0 spiro atoms. The molecule has 0 bridgehead atoms. The van der Waals surface area contributed by atoms with Gasteiger partial charge in [-0.25, -0.2) is 13.8 Å². The molecule has 1 amide bonds. The van der Waals surface area contributed by atoms with E-state index in [1.807, 2.05) is 6.07 Å². The monoisotopic (exact) mass is 369 g/mol. The van der Waals surface area contributed by atoms with Crippen molar-refractivity contribution in [3.05, 3.63) is 77.5 Å². The van der Waals surface area contributed by atoms with Gasteiger partial charge in [0.15, 0.2) is 0 Å². The lowest BCUT2D eigenvalue weighted by molar-refractivity contribution is 0.100. The number of primary amides is 1. The number of nitrogen functional groups attached to an aromatic ring is 1. The summed E-state index contributed by atoms with van der Waals surface area (Å²) in [6, 6.07) is 11.8. The summed E-state index contributed by atoms with van der Waals surface area (Å²) in [5, 5.41) is 6.03. The second-order valence-corrected chi connectivity index (χ2v) is 5.86. The van der Waals surface area contributed by atoms with Gasteiger partial charge in [0.25, 0.3) is 5.91 Å². The third-order valence-electron chi connectivity index (χ3n) is 3.73. The fourth-order valence-corrected chi connectivity index (χ4v) is 2.54.